The largest absolute Gasteiger partial charge is 0.457 e. The molecule has 0 bridgehead atoms. The molecule has 1 N–H and O–H groups in total. The SMILES string of the molecule is CCCCOC(=O)N1CCN(C(=O)C(c2cccc(Oc3ccccc3)c2)C2(O)CCCCC2)CC1. The van der Waals surface area contributed by atoms with Crippen LogP contribution >= 0.6 is 0 Å². The lowest BCUT2D eigenvalue weighted by Gasteiger charge is -2.42. The van der Waals surface area contributed by atoms with Crippen molar-refractivity contribution in [1.29, 1.82) is 0 Å². The smallest absolute Gasteiger partial charge is 0.409 e. The van der Waals surface area contributed by atoms with Gasteiger partial charge in [0.25, 0.3) is 0 Å². The average Bonchev–Trinajstić information content (AvgIpc) is 2.90. The number of nitrogens with zero attached hydrogens (tertiary/aromatic N) is 2. The molecule has 1 saturated carbocycles. The highest BCUT2D eigenvalue weighted by molar-refractivity contribution is 5.85. The Labute approximate surface area is 214 Å². The van der Waals surface area contributed by atoms with E-state index in [9.17, 15) is 14.7 Å². The van der Waals surface area contributed by atoms with Gasteiger partial charge in [0.1, 0.15) is 11.5 Å². The van der Waals surface area contributed by atoms with E-state index in [1.165, 1.54) is 0 Å². The maximum Gasteiger partial charge on any atom is 0.409 e. The van der Waals surface area contributed by atoms with Gasteiger partial charge >= 0.3 is 6.09 Å². The van der Waals surface area contributed by atoms with Gasteiger partial charge in [-0.25, -0.2) is 4.79 Å². The van der Waals surface area contributed by atoms with Crippen LogP contribution in [0.3, 0.4) is 0 Å². The monoisotopic (exact) mass is 494 g/mol. The van der Waals surface area contributed by atoms with Crippen LogP contribution in [0.2, 0.25) is 0 Å². The minimum atomic E-state index is -1.10. The molecule has 2 aliphatic rings. The Hall–Kier alpha value is -3.06. The number of amides is 2. The topological polar surface area (TPSA) is 79.3 Å². The van der Waals surface area contributed by atoms with Crippen molar-refractivity contribution in [2.24, 2.45) is 0 Å². The fourth-order valence-electron chi connectivity index (χ4n) is 5.20. The van der Waals surface area contributed by atoms with E-state index in [1.54, 1.807) is 9.80 Å². The molecule has 0 spiro atoms. The zero-order valence-corrected chi connectivity index (χ0v) is 21.2. The lowest BCUT2D eigenvalue weighted by atomic mass is 9.72. The number of carbonyl (C=O) groups is 2. The van der Waals surface area contributed by atoms with Crippen LogP contribution in [0.25, 0.3) is 0 Å². The van der Waals surface area contributed by atoms with Gasteiger partial charge in [-0.1, -0.05) is 62.9 Å². The van der Waals surface area contributed by atoms with Crippen LogP contribution in [-0.4, -0.2) is 65.3 Å². The second-order valence-corrected chi connectivity index (χ2v) is 9.87. The predicted molar refractivity (Wildman–Crippen MR) is 138 cm³/mol. The Morgan fingerprint density at radius 1 is 0.917 bits per heavy atom. The first-order chi connectivity index (χ1) is 17.5. The summed E-state index contributed by atoms with van der Waals surface area (Å²) in [5.74, 6) is 0.585. The second-order valence-electron chi connectivity index (χ2n) is 9.87. The van der Waals surface area contributed by atoms with Gasteiger partial charge in [0.2, 0.25) is 5.91 Å². The molecule has 2 aromatic rings. The normalized spacial score (nSPS) is 18.4. The minimum Gasteiger partial charge on any atom is -0.457 e. The number of piperazine rings is 1. The number of carbonyl (C=O) groups excluding carboxylic acids is 2. The molecule has 1 saturated heterocycles. The van der Waals surface area contributed by atoms with Gasteiger partial charge in [-0.3, -0.25) is 4.79 Å². The molecule has 1 atom stereocenters. The number of benzene rings is 2. The molecule has 1 unspecified atom stereocenters. The quantitative estimate of drug-likeness (QED) is 0.501. The number of rotatable bonds is 8. The van der Waals surface area contributed by atoms with E-state index in [4.69, 9.17) is 9.47 Å². The van der Waals surface area contributed by atoms with E-state index in [0.29, 0.717) is 51.4 Å². The Balaban J connectivity index is 1.51. The lowest BCUT2D eigenvalue weighted by molar-refractivity contribution is -0.143. The molecule has 1 aliphatic carbocycles. The van der Waals surface area contributed by atoms with Gasteiger partial charge in [-0.2, -0.15) is 0 Å². The van der Waals surface area contributed by atoms with Crippen molar-refractivity contribution < 1.29 is 24.2 Å². The molecule has 2 amide bonds. The van der Waals surface area contributed by atoms with Crippen molar-refractivity contribution in [3.8, 4) is 11.5 Å². The first-order valence-electron chi connectivity index (χ1n) is 13.3. The molecule has 7 heteroatoms. The zero-order valence-electron chi connectivity index (χ0n) is 21.2. The van der Waals surface area contributed by atoms with Crippen LogP contribution in [0.1, 0.15) is 63.4 Å². The number of unbranched alkanes of at least 4 members (excludes halogenated alkanes) is 1. The summed E-state index contributed by atoms with van der Waals surface area (Å²) in [5, 5.41) is 11.8. The fourth-order valence-corrected chi connectivity index (χ4v) is 5.20. The van der Waals surface area contributed by atoms with Gasteiger partial charge in [-0.15, -0.1) is 0 Å². The molecular weight excluding hydrogens is 456 g/mol. The second kappa shape index (κ2) is 12.3. The van der Waals surface area contributed by atoms with E-state index in [2.05, 4.69) is 6.92 Å². The van der Waals surface area contributed by atoms with Crippen LogP contribution in [0, 0.1) is 0 Å². The van der Waals surface area contributed by atoms with E-state index in [-0.39, 0.29) is 12.0 Å². The molecule has 2 aromatic carbocycles. The Morgan fingerprint density at radius 2 is 1.58 bits per heavy atom. The van der Waals surface area contributed by atoms with Crippen molar-refractivity contribution in [3.63, 3.8) is 0 Å². The Bertz CT molecular complexity index is 998. The summed E-state index contributed by atoms with van der Waals surface area (Å²) < 4.78 is 11.4. The van der Waals surface area contributed by atoms with Crippen LogP contribution in [0.4, 0.5) is 4.79 Å². The third-order valence-corrected chi connectivity index (χ3v) is 7.25. The molecule has 7 nitrogen and oxygen atoms in total. The number of ether oxygens (including phenoxy) is 2. The maximum absolute atomic E-state index is 14.0. The summed E-state index contributed by atoms with van der Waals surface area (Å²) >= 11 is 0. The minimum absolute atomic E-state index is 0.0877. The summed E-state index contributed by atoms with van der Waals surface area (Å²) in [6.45, 7) is 4.18. The highest BCUT2D eigenvalue weighted by Crippen LogP contribution is 2.42. The van der Waals surface area contributed by atoms with Gasteiger partial charge in [-0.05, 0) is 49.1 Å². The molecule has 194 valence electrons. The molecule has 1 heterocycles. The molecule has 1 aliphatic heterocycles. The number of hydrogen-bond donors (Lipinski definition) is 1. The molecule has 4 rings (SSSR count). The van der Waals surface area contributed by atoms with Crippen molar-refractivity contribution in [1.82, 2.24) is 9.80 Å². The van der Waals surface area contributed by atoms with E-state index >= 15 is 0 Å². The average molecular weight is 495 g/mol. The summed E-state index contributed by atoms with van der Waals surface area (Å²) in [7, 11) is 0. The molecule has 2 fully saturated rings. The molecule has 0 aromatic heterocycles. The first kappa shape index (κ1) is 26.0. The van der Waals surface area contributed by atoms with E-state index in [1.807, 2.05) is 54.6 Å². The molecule has 0 radical (unpaired) electrons. The summed E-state index contributed by atoms with van der Waals surface area (Å²) in [5.41, 5.74) is -0.337. The Kier molecular flexibility index (Phi) is 8.86. The van der Waals surface area contributed by atoms with Crippen LogP contribution in [0.15, 0.2) is 54.6 Å². The third-order valence-electron chi connectivity index (χ3n) is 7.25. The highest BCUT2D eigenvalue weighted by atomic mass is 16.6. The summed E-state index contributed by atoms with van der Waals surface area (Å²) in [4.78, 5) is 29.7. The molecule has 36 heavy (non-hydrogen) atoms. The van der Waals surface area contributed by atoms with Gasteiger partial charge in [0, 0.05) is 26.2 Å². The highest BCUT2D eigenvalue weighted by Gasteiger charge is 2.45. The van der Waals surface area contributed by atoms with Crippen molar-refractivity contribution in [3.05, 3.63) is 60.2 Å². The first-order valence-corrected chi connectivity index (χ1v) is 13.3. The van der Waals surface area contributed by atoms with Crippen molar-refractivity contribution >= 4 is 12.0 Å². The summed E-state index contributed by atoms with van der Waals surface area (Å²) in [6, 6.07) is 17.1. The molecular formula is C29H38N2O5. The van der Waals surface area contributed by atoms with Crippen LogP contribution in [0.5, 0.6) is 11.5 Å². The van der Waals surface area contributed by atoms with E-state index in [0.717, 1.165) is 43.4 Å². The van der Waals surface area contributed by atoms with Crippen molar-refractivity contribution in [2.75, 3.05) is 32.8 Å². The maximum atomic E-state index is 14.0. The van der Waals surface area contributed by atoms with Crippen molar-refractivity contribution in [2.45, 2.75) is 63.4 Å². The number of aliphatic hydroxyl groups is 1. The van der Waals surface area contributed by atoms with Gasteiger partial charge < -0.3 is 24.4 Å². The standard InChI is InChI=1S/C29H38N2O5/c1-2-3-21-35-28(33)31-19-17-30(18-20-31)27(32)26(29(34)15-8-5-9-16-29)23-11-10-14-25(22-23)36-24-12-6-4-7-13-24/h4,6-7,10-14,22,26,34H,2-3,5,8-9,15-21H2,1H3. The van der Waals surface area contributed by atoms with Crippen LogP contribution in [-0.2, 0) is 9.53 Å². The van der Waals surface area contributed by atoms with Gasteiger partial charge in [0.05, 0.1) is 18.1 Å². The van der Waals surface area contributed by atoms with E-state index < -0.39 is 11.5 Å². The zero-order chi connectivity index (χ0) is 25.4. The lowest BCUT2D eigenvalue weighted by Crippen LogP contribution is -2.55. The fraction of sp³-hybridized carbons (Fsp3) is 0.517. The number of hydrogen-bond acceptors (Lipinski definition) is 5. The van der Waals surface area contributed by atoms with Crippen LogP contribution < -0.4 is 4.74 Å². The number of para-hydroxylation sites is 1. The van der Waals surface area contributed by atoms with Gasteiger partial charge in [0.15, 0.2) is 0 Å². The summed E-state index contributed by atoms with van der Waals surface area (Å²) in [6.07, 6.45) is 5.56. The Morgan fingerprint density at radius 3 is 2.28 bits per heavy atom. The third kappa shape index (κ3) is 6.38. The predicted octanol–water partition coefficient (Wildman–Crippen LogP) is 5.34.